The number of urea groups is 1. The number of benzene rings is 1. The number of nitrogens with one attached hydrogen (secondary N) is 2. The number of hydrogen-bond donors (Lipinski definition) is 2. The van der Waals surface area contributed by atoms with E-state index in [1.165, 1.54) is 11.3 Å². The highest BCUT2D eigenvalue weighted by Crippen LogP contribution is 2.33. The van der Waals surface area contributed by atoms with Gasteiger partial charge in [-0.25, -0.2) is 9.78 Å². The van der Waals surface area contributed by atoms with Crippen LogP contribution in [-0.2, 0) is 11.3 Å². The van der Waals surface area contributed by atoms with Gasteiger partial charge in [0, 0.05) is 10.9 Å². The van der Waals surface area contributed by atoms with E-state index in [-0.39, 0.29) is 23.8 Å². The third-order valence-corrected chi connectivity index (χ3v) is 5.79. The molecule has 0 atom stereocenters. The summed E-state index contributed by atoms with van der Waals surface area (Å²) in [7, 11) is 0. The van der Waals surface area contributed by atoms with Crippen LogP contribution in [0, 0.1) is 13.8 Å². The quantitative estimate of drug-likeness (QED) is 0.665. The zero-order valence-corrected chi connectivity index (χ0v) is 16.9. The van der Waals surface area contributed by atoms with E-state index < -0.39 is 11.6 Å². The third-order valence-electron chi connectivity index (χ3n) is 4.92. The molecular weight excluding hydrogens is 376 g/mol. The minimum atomic E-state index is -0.958. The third kappa shape index (κ3) is 2.90. The number of H-pyrrole nitrogens is 1. The molecule has 0 aliphatic carbocycles. The second-order valence-corrected chi connectivity index (χ2v) is 8.47. The second kappa shape index (κ2) is 6.27. The van der Waals surface area contributed by atoms with Crippen LogP contribution in [0.1, 0.15) is 30.8 Å². The molecule has 8 heteroatoms. The Labute approximate surface area is 165 Å². The number of imide groups is 1. The van der Waals surface area contributed by atoms with Gasteiger partial charge < -0.3 is 10.3 Å². The van der Waals surface area contributed by atoms with Gasteiger partial charge >= 0.3 is 6.03 Å². The summed E-state index contributed by atoms with van der Waals surface area (Å²) in [5, 5.41) is 5.07. The summed E-state index contributed by atoms with van der Waals surface area (Å²) in [6, 6.07) is 5.62. The number of fused-ring (bicyclic) bond motifs is 1. The number of hydrogen-bond acceptors (Lipinski definition) is 5. The van der Waals surface area contributed by atoms with E-state index in [1.807, 2.05) is 31.4 Å². The topological polar surface area (TPSA) is 95.2 Å². The monoisotopic (exact) mass is 396 g/mol. The zero-order chi connectivity index (χ0) is 20.2. The molecule has 0 radical (unpaired) electrons. The first-order valence-electron chi connectivity index (χ1n) is 8.89. The van der Waals surface area contributed by atoms with Crippen molar-refractivity contribution >= 4 is 33.5 Å². The zero-order valence-electron chi connectivity index (χ0n) is 16.0. The maximum absolute atomic E-state index is 12.8. The van der Waals surface area contributed by atoms with Gasteiger partial charge in [-0.1, -0.05) is 23.8 Å². The second-order valence-electron chi connectivity index (χ2n) is 7.61. The molecule has 3 amide bonds. The lowest BCUT2D eigenvalue weighted by molar-refractivity contribution is -0.130. The van der Waals surface area contributed by atoms with E-state index in [9.17, 15) is 14.4 Å². The van der Waals surface area contributed by atoms with Crippen LogP contribution < -0.4 is 10.9 Å². The maximum atomic E-state index is 12.8. The fourth-order valence-corrected chi connectivity index (χ4v) is 4.45. The van der Waals surface area contributed by atoms with Gasteiger partial charge in [0.2, 0.25) is 0 Å². The van der Waals surface area contributed by atoms with Crippen LogP contribution in [0.15, 0.2) is 28.4 Å². The van der Waals surface area contributed by atoms with Gasteiger partial charge in [0.15, 0.2) is 0 Å². The molecule has 1 fully saturated rings. The van der Waals surface area contributed by atoms with Crippen LogP contribution in [0.4, 0.5) is 4.79 Å². The number of carbonyl (C=O) groups excluding carboxylic acids is 2. The van der Waals surface area contributed by atoms with Gasteiger partial charge in [0.1, 0.15) is 16.2 Å². The highest BCUT2D eigenvalue weighted by Gasteiger charge is 2.44. The van der Waals surface area contributed by atoms with Gasteiger partial charge in [-0.05, 0) is 38.8 Å². The van der Waals surface area contributed by atoms with Gasteiger partial charge in [-0.15, -0.1) is 11.3 Å². The average molecular weight is 396 g/mol. The van der Waals surface area contributed by atoms with Crippen LogP contribution >= 0.6 is 11.3 Å². The minimum absolute atomic E-state index is 0.0733. The Morgan fingerprint density at radius 2 is 1.89 bits per heavy atom. The number of rotatable bonds is 3. The fourth-order valence-electron chi connectivity index (χ4n) is 3.49. The number of thiophene rings is 1. The van der Waals surface area contributed by atoms with Crippen LogP contribution in [0.25, 0.3) is 21.3 Å². The van der Waals surface area contributed by atoms with Crippen LogP contribution in [0.3, 0.4) is 0 Å². The number of amides is 3. The van der Waals surface area contributed by atoms with Crippen molar-refractivity contribution in [3.8, 4) is 11.1 Å². The van der Waals surface area contributed by atoms with Crippen molar-refractivity contribution in [2.45, 2.75) is 39.8 Å². The molecule has 7 nitrogen and oxygen atoms in total. The Morgan fingerprint density at radius 3 is 2.54 bits per heavy atom. The Morgan fingerprint density at radius 1 is 1.14 bits per heavy atom. The number of aryl methyl sites for hydroxylation is 2. The summed E-state index contributed by atoms with van der Waals surface area (Å²) in [6.07, 6.45) is 0. The molecule has 28 heavy (non-hydrogen) atoms. The normalized spacial score (nSPS) is 16.1. The predicted molar refractivity (Wildman–Crippen MR) is 108 cm³/mol. The summed E-state index contributed by atoms with van der Waals surface area (Å²) in [4.78, 5) is 46.2. The highest BCUT2D eigenvalue weighted by atomic mass is 32.1. The molecule has 2 aromatic heterocycles. The van der Waals surface area contributed by atoms with Crippen LogP contribution in [0.5, 0.6) is 0 Å². The molecular formula is C20H20N4O3S. The standard InChI is InChI=1S/C20H20N4O3S/c1-10-5-6-12(11(2)7-10)13-9-28-17-15(13)16(25)21-14(22-17)8-24-18(26)20(3,4)23-19(24)27/h5-7,9H,8H2,1-4H3,(H,23,27)(H,21,22,25). The van der Waals surface area contributed by atoms with Crippen molar-refractivity contribution in [1.82, 2.24) is 20.2 Å². The summed E-state index contributed by atoms with van der Waals surface area (Å²) < 4.78 is 0. The number of nitrogens with zero attached hydrogens (tertiary/aromatic N) is 2. The Balaban J connectivity index is 1.74. The van der Waals surface area contributed by atoms with E-state index in [2.05, 4.69) is 21.4 Å². The Bertz CT molecular complexity index is 1190. The van der Waals surface area contributed by atoms with E-state index >= 15 is 0 Å². The molecule has 144 valence electrons. The van der Waals surface area contributed by atoms with E-state index in [4.69, 9.17) is 0 Å². The van der Waals surface area contributed by atoms with Crippen molar-refractivity contribution in [1.29, 1.82) is 0 Å². The molecule has 0 saturated carbocycles. The van der Waals surface area contributed by atoms with Crippen molar-refractivity contribution in [3.63, 3.8) is 0 Å². The molecule has 4 rings (SSSR count). The van der Waals surface area contributed by atoms with Gasteiger partial charge in [0.25, 0.3) is 11.5 Å². The fraction of sp³-hybridized carbons (Fsp3) is 0.300. The highest BCUT2D eigenvalue weighted by molar-refractivity contribution is 7.17. The van der Waals surface area contributed by atoms with Gasteiger partial charge in [-0.3, -0.25) is 14.5 Å². The minimum Gasteiger partial charge on any atom is -0.324 e. The number of aromatic amines is 1. The Kier molecular flexibility index (Phi) is 4.11. The SMILES string of the molecule is Cc1ccc(-c2csc3nc(CN4C(=O)NC(C)(C)C4=O)[nH]c(=O)c23)c(C)c1. The van der Waals surface area contributed by atoms with Crippen molar-refractivity contribution < 1.29 is 9.59 Å². The van der Waals surface area contributed by atoms with Crippen molar-refractivity contribution in [2.75, 3.05) is 0 Å². The van der Waals surface area contributed by atoms with Crippen molar-refractivity contribution in [2.24, 2.45) is 0 Å². The first kappa shape index (κ1) is 18.4. The summed E-state index contributed by atoms with van der Waals surface area (Å²) in [5.74, 6) is -0.0601. The Hall–Kier alpha value is -3.00. The molecule has 2 N–H and O–H groups in total. The predicted octanol–water partition coefficient (Wildman–Crippen LogP) is 3.10. The lowest BCUT2D eigenvalue weighted by Gasteiger charge is -2.15. The van der Waals surface area contributed by atoms with Crippen molar-refractivity contribution in [3.05, 3.63) is 50.9 Å². The maximum Gasteiger partial charge on any atom is 0.325 e. The molecule has 1 aromatic carbocycles. The molecule has 3 heterocycles. The lowest BCUT2D eigenvalue weighted by Crippen LogP contribution is -2.40. The summed E-state index contributed by atoms with van der Waals surface area (Å²) in [5.41, 5.74) is 2.85. The lowest BCUT2D eigenvalue weighted by atomic mass is 9.99. The first-order valence-corrected chi connectivity index (χ1v) is 9.77. The molecule has 0 unspecified atom stereocenters. The molecule has 1 saturated heterocycles. The molecule has 1 aliphatic rings. The number of aromatic nitrogens is 2. The molecule has 0 bridgehead atoms. The number of carbonyl (C=O) groups is 2. The van der Waals surface area contributed by atoms with Crippen LogP contribution in [-0.4, -0.2) is 32.3 Å². The molecule has 3 aromatic rings. The van der Waals surface area contributed by atoms with Gasteiger partial charge in [0.05, 0.1) is 11.9 Å². The van der Waals surface area contributed by atoms with Gasteiger partial charge in [-0.2, -0.15) is 0 Å². The smallest absolute Gasteiger partial charge is 0.324 e. The van der Waals surface area contributed by atoms with E-state index in [1.54, 1.807) is 13.8 Å². The van der Waals surface area contributed by atoms with E-state index in [0.717, 1.165) is 27.2 Å². The average Bonchev–Trinajstić information content (AvgIpc) is 3.10. The molecule has 0 spiro atoms. The van der Waals surface area contributed by atoms with E-state index in [0.29, 0.717) is 10.2 Å². The van der Waals surface area contributed by atoms with Crippen LogP contribution in [0.2, 0.25) is 0 Å². The molecule has 1 aliphatic heterocycles. The largest absolute Gasteiger partial charge is 0.325 e. The summed E-state index contributed by atoms with van der Waals surface area (Å²) in [6.45, 7) is 7.25. The summed E-state index contributed by atoms with van der Waals surface area (Å²) >= 11 is 1.37. The first-order chi connectivity index (χ1) is 13.2.